The van der Waals surface area contributed by atoms with Crippen LogP contribution in [-0.2, 0) is 0 Å². The van der Waals surface area contributed by atoms with E-state index in [1.165, 1.54) is 76.0 Å². The van der Waals surface area contributed by atoms with Crippen LogP contribution in [0.15, 0.2) is 170 Å². The Bertz CT molecular complexity index is 3110. The first kappa shape index (κ1) is 27.2. The summed E-state index contributed by atoms with van der Waals surface area (Å²) >= 11 is 0. The van der Waals surface area contributed by atoms with E-state index in [1.807, 2.05) is 12.4 Å². The van der Waals surface area contributed by atoms with Crippen molar-refractivity contribution in [1.29, 1.82) is 0 Å². The van der Waals surface area contributed by atoms with Crippen LogP contribution < -0.4 is 0 Å². The van der Waals surface area contributed by atoms with Crippen molar-refractivity contribution in [3.05, 3.63) is 170 Å². The smallest absolute Gasteiger partial charge is 0.115 e. The summed E-state index contributed by atoms with van der Waals surface area (Å²) < 4.78 is 4.69. The van der Waals surface area contributed by atoms with Gasteiger partial charge in [-0.15, -0.1) is 0 Å². The minimum absolute atomic E-state index is 0.950. The Morgan fingerprint density at radius 3 is 1.44 bits per heavy atom. The lowest BCUT2D eigenvalue weighted by Crippen LogP contribution is -1.95. The van der Waals surface area contributed by atoms with Crippen molar-refractivity contribution in [1.82, 2.24) is 19.1 Å². The molecule has 0 aliphatic carbocycles. The van der Waals surface area contributed by atoms with Gasteiger partial charge in [0.15, 0.2) is 0 Å². The molecule has 0 fully saturated rings. The zero-order chi connectivity index (χ0) is 32.8. The molecule has 232 valence electrons. The average Bonchev–Trinajstić information content (AvgIpc) is 3.70. The molecule has 0 atom stereocenters. The molecule has 11 aromatic rings. The maximum atomic E-state index is 4.34. The van der Waals surface area contributed by atoms with Gasteiger partial charge in [-0.3, -0.25) is 0 Å². The first-order valence-electron chi connectivity index (χ1n) is 17.0. The van der Waals surface area contributed by atoms with E-state index in [4.69, 9.17) is 0 Å². The van der Waals surface area contributed by atoms with Crippen molar-refractivity contribution >= 4 is 75.9 Å². The van der Waals surface area contributed by atoms with Crippen molar-refractivity contribution in [2.24, 2.45) is 0 Å². The van der Waals surface area contributed by atoms with Gasteiger partial charge in [-0.25, -0.2) is 9.97 Å². The van der Waals surface area contributed by atoms with Crippen LogP contribution in [0.1, 0.15) is 0 Å². The third-order valence-electron chi connectivity index (χ3n) is 10.5. The lowest BCUT2D eigenvalue weighted by molar-refractivity contribution is 1.07. The molecule has 50 heavy (non-hydrogen) atoms. The van der Waals surface area contributed by atoms with E-state index in [1.54, 1.807) is 6.33 Å². The molecule has 0 bridgehead atoms. The predicted molar refractivity (Wildman–Crippen MR) is 209 cm³/mol. The second-order valence-corrected chi connectivity index (χ2v) is 13.1. The molecule has 3 heterocycles. The molecule has 0 unspecified atom stereocenters. The monoisotopic (exact) mass is 636 g/mol. The molecule has 0 saturated carbocycles. The van der Waals surface area contributed by atoms with Gasteiger partial charge in [0.05, 0.1) is 40.1 Å². The summed E-state index contributed by atoms with van der Waals surface area (Å²) in [6, 6.07) is 55.6. The predicted octanol–water partition coefficient (Wildman–Crippen LogP) is 11.8. The molecule has 0 N–H and O–H groups in total. The average molecular weight is 637 g/mol. The third kappa shape index (κ3) is 3.81. The Morgan fingerprint density at radius 2 is 0.760 bits per heavy atom. The first-order chi connectivity index (χ1) is 24.8. The number of fused-ring (bicyclic) bond motifs is 12. The summed E-state index contributed by atoms with van der Waals surface area (Å²) in [5.41, 5.74) is 9.12. The van der Waals surface area contributed by atoms with E-state index in [0.29, 0.717) is 0 Å². The molecule has 4 nitrogen and oxygen atoms in total. The fourth-order valence-electron chi connectivity index (χ4n) is 8.30. The van der Waals surface area contributed by atoms with Crippen molar-refractivity contribution in [3.63, 3.8) is 0 Å². The molecule has 8 aromatic carbocycles. The first-order valence-corrected chi connectivity index (χ1v) is 17.0. The van der Waals surface area contributed by atoms with Crippen LogP contribution in [0, 0.1) is 0 Å². The van der Waals surface area contributed by atoms with Gasteiger partial charge >= 0.3 is 0 Å². The highest BCUT2D eigenvalue weighted by atomic mass is 15.0. The number of hydrogen-bond donors (Lipinski definition) is 0. The van der Waals surface area contributed by atoms with E-state index in [0.717, 1.165) is 22.4 Å². The molecule has 0 amide bonds. The second-order valence-electron chi connectivity index (χ2n) is 13.1. The van der Waals surface area contributed by atoms with E-state index in [2.05, 4.69) is 171 Å². The van der Waals surface area contributed by atoms with E-state index < -0.39 is 0 Å². The zero-order valence-corrected chi connectivity index (χ0v) is 27.0. The summed E-state index contributed by atoms with van der Waals surface area (Å²) in [6.45, 7) is 0. The van der Waals surface area contributed by atoms with Crippen molar-refractivity contribution in [2.75, 3.05) is 0 Å². The van der Waals surface area contributed by atoms with Crippen molar-refractivity contribution < 1.29 is 0 Å². The largest absolute Gasteiger partial charge is 0.309 e. The Labute approximate surface area is 287 Å². The molecule has 3 aromatic heterocycles. The van der Waals surface area contributed by atoms with Crippen LogP contribution in [0.25, 0.3) is 98.4 Å². The van der Waals surface area contributed by atoms with Crippen LogP contribution in [0.5, 0.6) is 0 Å². The highest BCUT2D eigenvalue weighted by Gasteiger charge is 2.17. The van der Waals surface area contributed by atoms with Gasteiger partial charge in [0.2, 0.25) is 0 Å². The van der Waals surface area contributed by atoms with Crippen LogP contribution >= 0.6 is 0 Å². The van der Waals surface area contributed by atoms with Gasteiger partial charge in [-0.05, 0) is 85.9 Å². The van der Waals surface area contributed by atoms with Gasteiger partial charge in [-0.1, -0.05) is 109 Å². The number of benzene rings is 8. The van der Waals surface area contributed by atoms with E-state index in [-0.39, 0.29) is 0 Å². The van der Waals surface area contributed by atoms with Crippen LogP contribution in [-0.4, -0.2) is 19.1 Å². The molecule has 0 aliphatic heterocycles. The van der Waals surface area contributed by atoms with Gasteiger partial charge < -0.3 is 9.13 Å². The summed E-state index contributed by atoms with van der Waals surface area (Å²) in [5.74, 6) is 0. The number of nitrogens with zero attached hydrogens (tertiary/aromatic N) is 4. The number of para-hydroxylation sites is 2. The third-order valence-corrected chi connectivity index (χ3v) is 10.5. The highest BCUT2D eigenvalue weighted by molar-refractivity contribution is 6.25. The molecule has 0 saturated heterocycles. The summed E-state index contributed by atoms with van der Waals surface area (Å²) in [5, 5.41) is 12.6. The Hall–Kier alpha value is -6.78. The lowest BCUT2D eigenvalue weighted by Gasteiger charge is -2.14. The van der Waals surface area contributed by atoms with E-state index >= 15 is 0 Å². The van der Waals surface area contributed by atoms with Crippen LogP contribution in [0.2, 0.25) is 0 Å². The Morgan fingerprint density at radius 1 is 0.300 bits per heavy atom. The zero-order valence-electron chi connectivity index (χ0n) is 27.0. The Balaban J connectivity index is 1.13. The van der Waals surface area contributed by atoms with Crippen molar-refractivity contribution in [3.8, 4) is 22.5 Å². The molecule has 11 rings (SSSR count). The summed E-state index contributed by atoms with van der Waals surface area (Å²) in [7, 11) is 0. The maximum Gasteiger partial charge on any atom is 0.115 e. The minimum Gasteiger partial charge on any atom is -0.309 e. The lowest BCUT2D eigenvalue weighted by atomic mass is 9.94. The second kappa shape index (κ2) is 10.4. The highest BCUT2D eigenvalue weighted by Crippen LogP contribution is 2.40. The van der Waals surface area contributed by atoms with Gasteiger partial charge in [-0.2, -0.15) is 0 Å². The summed E-state index contributed by atoms with van der Waals surface area (Å²) in [6.07, 6.45) is 5.34. The standard InChI is InChI=1S/C46H28N4/c1-2-11-35-33(9-1)34-10-3-4-12-36(34)41-25-31(19-21-37(35)41)49-44-16-8-6-14-39(44)42-23-29(18-22-45(42)49)30-17-20-40-38-13-5-7-15-43(38)50(46(40)24-30)32-26-47-28-48-27-32/h1-28H. The quantitative estimate of drug-likeness (QED) is 0.181. The van der Waals surface area contributed by atoms with Crippen LogP contribution in [0.3, 0.4) is 0 Å². The fraction of sp³-hybridized carbons (Fsp3) is 0. The fourth-order valence-corrected chi connectivity index (χ4v) is 8.30. The molecular weight excluding hydrogens is 609 g/mol. The molecule has 0 radical (unpaired) electrons. The normalized spacial score (nSPS) is 12.0. The molecule has 0 spiro atoms. The molecular formula is C46H28N4. The SMILES string of the molecule is c1ccc2c(c1)c1ccccc1c1cc(-n3c4ccccc4c4cc(-c5ccc6c7ccccc7n(-c7cncnc7)c6c5)ccc43)ccc21. The summed E-state index contributed by atoms with van der Waals surface area (Å²) in [4.78, 5) is 8.67. The van der Waals surface area contributed by atoms with Crippen molar-refractivity contribution in [2.45, 2.75) is 0 Å². The maximum absolute atomic E-state index is 4.34. The van der Waals surface area contributed by atoms with E-state index in [9.17, 15) is 0 Å². The number of aromatic nitrogens is 4. The minimum atomic E-state index is 0.950. The topological polar surface area (TPSA) is 35.6 Å². The van der Waals surface area contributed by atoms with Crippen LogP contribution in [0.4, 0.5) is 0 Å². The number of rotatable bonds is 3. The van der Waals surface area contributed by atoms with Gasteiger partial charge in [0.25, 0.3) is 0 Å². The number of hydrogen-bond acceptors (Lipinski definition) is 2. The molecule has 0 aliphatic rings. The van der Waals surface area contributed by atoms with Gasteiger partial charge in [0, 0.05) is 27.2 Å². The van der Waals surface area contributed by atoms with Gasteiger partial charge in [0.1, 0.15) is 6.33 Å². The molecule has 4 heteroatoms. The Kier molecular flexibility index (Phi) is 5.63.